The van der Waals surface area contributed by atoms with Crippen LogP contribution in [0.3, 0.4) is 0 Å². The molecule has 0 radical (unpaired) electrons. The molecular weight excluding hydrogens is 366 g/mol. The highest BCUT2D eigenvalue weighted by atomic mass is 16.5. The van der Waals surface area contributed by atoms with Crippen LogP contribution in [-0.4, -0.2) is 29.1 Å². The molecule has 1 aliphatic carbocycles. The van der Waals surface area contributed by atoms with E-state index in [0.29, 0.717) is 6.61 Å². The second-order valence-corrected chi connectivity index (χ2v) is 7.39. The van der Waals surface area contributed by atoms with Crippen LogP contribution in [0.15, 0.2) is 29.8 Å². The van der Waals surface area contributed by atoms with Crippen molar-refractivity contribution in [3.8, 4) is 6.07 Å². The number of nitrogens with zero attached hydrogens (tertiary/aromatic N) is 2. The number of para-hydroxylation sites is 1. The zero-order valence-electron chi connectivity index (χ0n) is 17.0. The number of esters is 1. The molecule has 0 bridgehead atoms. The predicted molar refractivity (Wildman–Crippen MR) is 112 cm³/mol. The fourth-order valence-electron chi connectivity index (χ4n) is 3.98. The summed E-state index contributed by atoms with van der Waals surface area (Å²) < 4.78 is 6.96. The van der Waals surface area contributed by atoms with E-state index in [1.165, 1.54) is 6.42 Å². The fraction of sp³-hybridized carbons (Fsp3) is 0.435. The lowest BCUT2D eigenvalue weighted by Gasteiger charge is -2.22. The van der Waals surface area contributed by atoms with Crippen molar-refractivity contribution in [2.45, 2.75) is 58.5 Å². The van der Waals surface area contributed by atoms with Crippen molar-refractivity contribution in [1.29, 1.82) is 5.26 Å². The second kappa shape index (κ2) is 9.42. The molecule has 2 aromatic rings. The number of rotatable bonds is 6. The van der Waals surface area contributed by atoms with Crippen molar-refractivity contribution in [3.05, 3.63) is 41.1 Å². The Hall–Kier alpha value is -3.07. The zero-order valence-corrected chi connectivity index (χ0v) is 17.0. The molecule has 152 valence electrons. The fourth-order valence-corrected chi connectivity index (χ4v) is 3.98. The molecule has 1 fully saturated rings. The number of hydrogen-bond donors (Lipinski definition) is 1. The molecule has 0 aliphatic heterocycles. The van der Waals surface area contributed by atoms with Crippen molar-refractivity contribution in [1.82, 2.24) is 9.88 Å². The lowest BCUT2D eigenvalue weighted by atomic mass is 9.95. The molecule has 0 unspecified atom stereocenters. The Morgan fingerprint density at radius 1 is 1.28 bits per heavy atom. The summed E-state index contributed by atoms with van der Waals surface area (Å²) in [6.45, 7) is 4.07. The molecule has 29 heavy (non-hydrogen) atoms. The number of fused-ring (bicyclic) bond motifs is 1. The number of aromatic nitrogens is 1. The van der Waals surface area contributed by atoms with Gasteiger partial charge in [0.25, 0.3) is 5.91 Å². The van der Waals surface area contributed by atoms with Gasteiger partial charge in [-0.25, -0.2) is 0 Å². The van der Waals surface area contributed by atoms with Crippen molar-refractivity contribution in [2.24, 2.45) is 0 Å². The molecule has 1 aromatic heterocycles. The quantitative estimate of drug-likeness (QED) is 0.459. The Morgan fingerprint density at radius 3 is 2.69 bits per heavy atom. The molecule has 0 spiro atoms. The van der Waals surface area contributed by atoms with Gasteiger partial charge in [-0.05, 0) is 38.8 Å². The van der Waals surface area contributed by atoms with Gasteiger partial charge in [0.2, 0.25) is 0 Å². The average Bonchev–Trinajstić information content (AvgIpc) is 2.98. The van der Waals surface area contributed by atoms with Crippen LogP contribution in [0.5, 0.6) is 0 Å². The number of nitrogens with one attached hydrogen (secondary N) is 1. The lowest BCUT2D eigenvalue weighted by Crippen LogP contribution is -2.36. The normalized spacial score (nSPS) is 15.1. The molecule has 1 aliphatic rings. The van der Waals surface area contributed by atoms with E-state index in [-0.39, 0.29) is 30.0 Å². The summed E-state index contributed by atoms with van der Waals surface area (Å²) in [5.41, 5.74) is 2.55. The monoisotopic (exact) mass is 393 g/mol. The second-order valence-electron chi connectivity index (χ2n) is 7.39. The van der Waals surface area contributed by atoms with Crippen molar-refractivity contribution >= 4 is 28.9 Å². The van der Waals surface area contributed by atoms with Gasteiger partial charge < -0.3 is 14.6 Å². The van der Waals surface area contributed by atoms with Crippen molar-refractivity contribution in [2.75, 3.05) is 6.61 Å². The highest BCUT2D eigenvalue weighted by molar-refractivity contribution is 6.04. The zero-order chi connectivity index (χ0) is 20.8. The number of benzene rings is 1. The Bertz CT molecular complexity index is 975. The summed E-state index contributed by atoms with van der Waals surface area (Å²) in [4.78, 5) is 24.7. The Labute approximate surface area is 171 Å². The van der Waals surface area contributed by atoms with E-state index in [0.717, 1.165) is 47.8 Å². The summed E-state index contributed by atoms with van der Waals surface area (Å²) in [6, 6.07) is 9.85. The summed E-state index contributed by atoms with van der Waals surface area (Å²) in [5.74, 6) is -0.650. The largest absolute Gasteiger partial charge is 0.465 e. The molecule has 6 heteroatoms. The number of hydrogen-bond acceptors (Lipinski definition) is 4. The van der Waals surface area contributed by atoms with Gasteiger partial charge in [0.05, 0.1) is 6.61 Å². The maximum Gasteiger partial charge on any atom is 0.325 e. The summed E-state index contributed by atoms with van der Waals surface area (Å²) >= 11 is 0. The number of carbonyl (C=O) groups is 2. The number of carbonyl (C=O) groups excluding carboxylic acids is 2. The van der Waals surface area contributed by atoms with Crippen LogP contribution in [0, 0.1) is 18.3 Å². The Kier molecular flexibility index (Phi) is 6.71. The standard InChI is InChI=1S/C23H27N3O3/c1-3-29-22(27)15-26-16(2)20(19-11-7-8-12-21(19)26)13-17(14-24)23(28)25-18-9-5-4-6-10-18/h7-8,11-13,18H,3-6,9-10,15H2,1-2H3,(H,25,28)/b17-13+. The molecule has 1 amide bonds. The molecule has 3 rings (SSSR count). The maximum absolute atomic E-state index is 12.7. The van der Waals surface area contributed by atoms with Crippen molar-refractivity contribution < 1.29 is 14.3 Å². The minimum Gasteiger partial charge on any atom is -0.465 e. The van der Waals surface area contributed by atoms with Crippen LogP contribution in [-0.2, 0) is 20.9 Å². The smallest absolute Gasteiger partial charge is 0.325 e. The van der Waals surface area contributed by atoms with Gasteiger partial charge in [-0.1, -0.05) is 37.5 Å². The summed E-state index contributed by atoms with van der Waals surface area (Å²) in [7, 11) is 0. The molecule has 0 saturated heterocycles. The van der Waals surface area contributed by atoms with E-state index in [9.17, 15) is 14.9 Å². The number of amides is 1. The SMILES string of the molecule is CCOC(=O)Cn1c(C)c(/C=C(\C#N)C(=O)NC2CCCCC2)c2ccccc21. The van der Waals surface area contributed by atoms with E-state index < -0.39 is 0 Å². The maximum atomic E-state index is 12.7. The molecule has 6 nitrogen and oxygen atoms in total. The first-order valence-electron chi connectivity index (χ1n) is 10.2. The van der Waals surface area contributed by atoms with Gasteiger partial charge in [0.1, 0.15) is 18.2 Å². The van der Waals surface area contributed by atoms with E-state index in [1.807, 2.05) is 35.8 Å². The van der Waals surface area contributed by atoms with Crippen LogP contribution in [0.4, 0.5) is 0 Å². The molecule has 1 N–H and O–H groups in total. The van der Waals surface area contributed by atoms with E-state index in [2.05, 4.69) is 11.4 Å². The third kappa shape index (κ3) is 4.68. The van der Waals surface area contributed by atoms with Crippen LogP contribution in [0.25, 0.3) is 17.0 Å². The van der Waals surface area contributed by atoms with Crippen LogP contribution < -0.4 is 5.32 Å². The summed E-state index contributed by atoms with van der Waals surface area (Å²) in [5, 5.41) is 13.5. The third-order valence-electron chi connectivity index (χ3n) is 5.47. The minimum absolute atomic E-state index is 0.0812. The van der Waals surface area contributed by atoms with Gasteiger partial charge in [-0.15, -0.1) is 0 Å². The van der Waals surface area contributed by atoms with Crippen LogP contribution >= 0.6 is 0 Å². The van der Waals surface area contributed by atoms with Gasteiger partial charge >= 0.3 is 5.97 Å². The highest BCUT2D eigenvalue weighted by Gasteiger charge is 2.20. The van der Waals surface area contributed by atoms with Crippen LogP contribution in [0.1, 0.15) is 50.3 Å². The van der Waals surface area contributed by atoms with E-state index in [4.69, 9.17) is 4.74 Å². The van der Waals surface area contributed by atoms with Gasteiger partial charge in [0, 0.05) is 28.2 Å². The molecule has 0 atom stereocenters. The van der Waals surface area contributed by atoms with Crippen molar-refractivity contribution in [3.63, 3.8) is 0 Å². The average molecular weight is 393 g/mol. The molecular formula is C23H27N3O3. The number of ether oxygens (including phenoxy) is 1. The minimum atomic E-state index is -0.332. The first-order chi connectivity index (χ1) is 14.0. The molecule has 1 aromatic carbocycles. The molecule has 1 saturated carbocycles. The first-order valence-corrected chi connectivity index (χ1v) is 10.2. The van der Waals surface area contributed by atoms with Gasteiger partial charge in [-0.2, -0.15) is 5.26 Å². The molecule has 1 heterocycles. The predicted octanol–water partition coefficient (Wildman–Crippen LogP) is 3.87. The van der Waals surface area contributed by atoms with E-state index >= 15 is 0 Å². The van der Waals surface area contributed by atoms with Gasteiger partial charge in [-0.3, -0.25) is 9.59 Å². The van der Waals surface area contributed by atoms with Gasteiger partial charge in [0.15, 0.2) is 0 Å². The van der Waals surface area contributed by atoms with Crippen LogP contribution in [0.2, 0.25) is 0 Å². The highest BCUT2D eigenvalue weighted by Crippen LogP contribution is 2.28. The summed E-state index contributed by atoms with van der Waals surface area (Å²) in [6.07, 6.45) is 6.97. The number of nitriles is 1. The first kappa shape index (κ1) is 20.7. The Morgan fingerprint density at radius 2 is 2.00 bits per heavy atom. The lowest BCUT2D eigenvalue weighted by molar-refractivity contribution is -0.143. The topological polar surface area (TPSA) is 84.1 Å². The Balaban J connectivity index is 1.95. The van der Waals surface area contributed by atoms with E-state index in [1.54, 1.807) is 13.0 Å². The third-order valence-corrected chi connectivity index (χ3v) is 5.47.